The number of methoxy groups -OCH3 is 1. The number of piperazine rings is 1. The van der Waals surface area contributed by atoms with Crippen LogP contribution in [0, 0.1) is 0 Å². The first kappa shape index (κ1) is 17.4. The van der Waals surface area contributed by atoms with Crippen molar-refractivity contribution < 1.29 is 9.53 Å². The summed E-state index contributed by atoms with van der Waals surface area (Å²) < 4.78 is 5.45. The van der Waals surface area contributed by atoms with Crippen LogP contribution in [0.2, 0.25) is 5.02 Å². The van der Waals surface area contributed by atoms with Crippen molar-refractivity contribution in [2.75, 3.05) is 18.6 Å². The average molecular weight is 395 g/mol. The van der Waals surface area contributed by atoms with E-state index in [0.29, 0.717) is 10.8 Å². The molecule has 5 rings (SSSR count). The van der Waals surface area contributed by atoms with E-state index in [1.807, 2.05) is 23.1 Å². The zero-order valence-electron chi connectivity index (χ0n) is 15.4. The molecular weight excluding hydrogens is 376 g/mol. The second-order valence-electron chi connectivity index (χ2n) is 7.24. The topological polar surface area (TPSA) is 58.6 Å². The van der Waals surface area contributed by atoms with Crippen LogP contribution < -0.4 is 9.64 Å². The monoisotopic (exact) mass is 394 g/mol. The number of carbonyl (C=O) groups is 1. The van der Waals surface area contributed by atoms with Gasteiger partial charge >= 0.3 is 0 Å². The van der Waals surface area contributed by atoms with E-state index in [1.54, 1.807) is 25.6 Å². The Bertz CT molecular complexity index is 1070. The van der Waals surface area contributed by atoms with Crippen molar-refractivity contribution >= 4 is 34.2 Å². The highest BCUT2D eigenvalue weighted by Gasteiger charge is 2.50. The smallest absolute Gasteiger partial charge is 0.244 e. The number of carbonyl (C=O) groups excluding carboxylic acids is 1. The Labute approximate surface area is 167 Å². The van der Waals surface area contributed by atoms with Crippen LogP contribution in [-0.4, -0.2) is 46.5 Å². The fourth-order valence-electron chi connectivity index (χ4n) is 4.35. The number of likely N-dealkylation sites (tertiary alicyclic amines) is 1. The molecule has 0 radical (unpaired) electrons. The van der Waals surface area contributed by atoms with E-state index in [4.69, 9.17) is 16.3 Å². The Hall–Kier alpha value is -2.70. The van der Waals surface area contributed by atoms with Gasteiger partial charge in [-0.3, -0.25) is 19.7 Å². The molecule has 3 aromatic rings. The van der Waals surface area contributed by atoms with Crippen LogP contribution in [0.15, 0.2) is 48.8 Å². The Balaban J connectivity index is 1.38. The number of benzene rings is 2. The zero-order chi connectivity index (χ0) is 19.3. The van der Waals surface area contributed by atoms with Gasteiger partial charge in [0.1, 0.15) is 5.75 Å². The summed E-state index contributed by atoms with van der Waals surface area (Å²) in [5.74, 6) is 0.780. The number of nitrogens with zero attached hydrogens (tertiary/aromatic N) is 4. The van der Waals surface area contributed by atoms with Crippen LogP contribution in [0.5, 0.6) is 5.75 Å². The van der Waals surface area contributed by atoms with Gasteiger partial charge in [0.15, 0.2) is 0 Å². The lowest BCUT2D eigenvalue weighted by atomic mass is 10.1. The summed E-state index contributed by atoms with van der Waals surface area (Å²) >= 11 is 6.17. The van der Waals surface area contributed by atoms with E-state index in [-0.39, 0.29) is 18.0 Å². The maximum atomic E-state index is 13.1. The number of halogens is 1. The summed E-state index contributed by atoms with van der Waals surface area (Å²) in [5.41, 5.74) is 3.65. The first-order valence-electron chi connectivity index (χ1n) is 9.24. The van der Waals surface area contributed by atoms with Crippen molar-refractivity contribution in [2.45, 2.75) is 25.0 Å². The Morgan fingerprint density at radius 1 is 1.14 bits per heavy atom. The van der Waals surface area contributed by atoms with Crippen LogP contribution in [0.25, 0.3) is 11.0 Å². The minimum atomic E-state index is -0.119. The third kappa shape index (κ3) is 2.80. The van der Waals surface area contributed by atoms with Gasteiger partial charge in [0.2, 0.25) is 5.91 Å². The quantitative estimate of drug-likeness (QED) is 0.679. The van der Waals surface area contributed by atoms with Gasteiger partial charge in [-0.1, -0.05) is 17.7 Å². The first-order valence-corrected chi connectivity index (χ1v) is 9.62. The van der Waals surface area contributed by atoms with Crippen molar-refractivity contribution in [3.8, 4) is 5.75 Å². The van der Waals surface area contributed by atoms with E-state index in [2.05, 4.69) is 27.0 Å². The number of aromatic nitrogens is 2. The maximum absolute atomic E-state index is 13.1. The van der Waals surface area contributed by atoms with Crippen molar-refractivity contribution in [1.82, 2.24) is 14.9 Å². The van der Waals surface area contributed by atoms with Crippen LogP contribution in [-0.2, 0) is 11.3 Å². The van der Waals surface area contributed by atoms with Crippen molar-refractivity contribution in [2.24, 2.45) is 0 Å². The normalized spacial score (nSPS) is 21.6. The van der Waals surface area contributed by atoms with Gasteiger partial charge in [0.25, 0.3) is 0 Å². The van der Waals surface area contributed by atoms with Crippen molar-refractivity contribution in [3.63, 3.8) is 0 Å². The third-order valence-corrected chi connectivity index (χ3v) is 5.82. The highest BCUT2D eigenvalue weighted by Crippen LogP contribution is 2.41. The van der Waals surface area contributed by atoms with Gasteiger partial charge in [-0.15, -0.1) is 0 Å². The summed E-state index contributed by atoms with van der Waals surface area (Å²) in [7, 11) is 1.61. The standard InChI is InChI=1S/C21H19ClN4O2/c1-28-20-5-3-14(22)9-18(20)26-15-10-19(21(26)27)25(12-15)11-13-2-4-16-17(8-13)24-7-6-23-16/h2-9,15,19H,10-12H2,1H3/t15-,19-/m0/s1. The summed E-state index contributed by atoms with van der Waals surface area (Å²) in [6, 6.07) is 11.5. The molecule has 0 unspecified atom stereocenters. The first-order chi connectivity index (χ1) is 13.6. The molecule has 1 amide bonds. The molecule has 28 heavy (non-hydrogen) atoms. The largest absolute Gasteiger partial charge is 0.495 e. The summed E-state index contributed by atoms with van der Waals surface area (Å²) in [4.78, 5) is 25.9. The fourth-order valence-corrected chi connectivity index (χ4v) is 4.51. The number of anilines is 1. The molecule has 0 N–H and O–H groups in total. The van der Waals surface area contributed by atoms with Gasteiger partial charge in [0.05, 0.1) is 35.9 Å². The molecule has 7 heteroatoms. The van der Waals surface area contributed by atoms with Crippen LogP contribution in [0.4, 0.5) is 5.69 Å². The van der Waals surface area contributed by atoms with Crippen molar-refractivity contribution in [1.29, 1.82) is 0 Å². The highest BCUT2D eigenvalue weighted by atomic mass is 35.5. The molecule has 0 aliphatic carbocycles. The van der Waals surface area contributed by atoms with E-state index in [9.17, 15) is 4.79 Å². The molecule has 2 bridgehead atoms. The molecule has 2 atom stereocenters. The zero-order valence-corrected chi connectivity index (χ0v) is 16.1. The van der Waals surface area contributed by atoms with E-state index in [0.717, 1.165) is 41.8 Å². The molecule has 0 saturated carbocycles. The predicted octanol–water partition coefficient (Wildman–Crippen LogP) is 3.28. The second-order valence-corrected chi connectivity index (χ2v) is 7.68. The molecule has 2 saturated heterocycles. The fraction of sp³-hybridized carbons (Fsp3) is 0.286. The number of hydrogen-bond acceptors (Lipinski definition) is 5. The third-order valence-electron chi connectivity index (χ3n) is 5.59. The van der Waals surface area contributed by atoms with Gasteiger partial charge in [-0.25, -0.2) is 0 Å². The van der Waals surface area contributed by atoms with E-state index in [1.165, 1.54) is 0 Å². The minimum Gasteiger partial charge on any atom is -0.495 e. The van der Waals surface area contributed by atoms with Crippen molar-refractivity contribution in [3.05, 3.63) is 59.4 Å². The maximum Gasteiger partial charge on any atom is 0.244 e. The molecule has 2 aliphatic rings. The van der Waals surface area contributed by atoms with E-state index >= 15 is 0 Å². The lowest BCUT2D eigenvalue weighted by Crippen LogP contribution is -2.50. The molecule has 142 valence electrons. The van der Waals surface area contributed by atoms with Crippen LogP contribution in [0.1, 0.15) is 12.0 Å². The number of fused-ring (bicyclic) bond motifs is 3. The van der Waals surface area contributed by atoms with E-state index < -0.39 is 0 Å². The Morgan fingerprint density at radius 2 is 1.96 bits per heavy atom. The second kappa shape index (κ2) is 6.72. The van der Waals surface area contributed by atoms with Crippen LogP contribution in [0.3, 0.4) is 0 Å². The van der Waals surface area contributed by atoms with Gasteiger partial charge in [-0.2, -0.15) is 0 Å². The predicted molar refractivity (Wildman–Crippen MR) is 108 cm³/mol. The molecular formula is C21H19ClN4O2. The number of amides is 1. The Morgan fingerprint density at radius 3 is 2.75 bits per heavy atom. The molecule has 2 fully saturated rings. The number of ether oxygens (including phenoxy) is 1. The Kier molecular flexibility index (Phi) is 4.18. The molecule has 6 nitrogen and oxygen atoms in total. The molecule has 0 spiro atoms. The van der Waals surface area contributed by atoms with Gasteiger partial charge in [0, 0.05) is 30.5 Å². The number of rotatable bonds is 4. The summed E-state index contributed by atoms with van der Waals surface area (Å²) in [5, 5.41) is 0.598. The average Bonchev–Trinajstić information content (AvgIpc) is 3.25. The minimum absolute atomic E-state index is 0.109. The lowest BCUT2D eigenvalue weighted by molar-refractivity contribution is -0.122. The molecule has 3 heterocycles. The molecule has 1 aromatic heterocycles. The SMILES string of the molecule is COc1ccc(Cl)cc1N1C(=O)[C@@H]2C[C@H]1CN2Cc1ccc2nccnc2c1. The molecule has 2 aliphatic heterocycles. The summed E-state index contributed by atoms with van der Waals surface area (Å²) in [6.45, 7) is 1.55. The summed E-state index contributed by atoms with van der Waals surface area (Å²) in [6.07, 6.45) is 4.21. The lowest BCUT2D eigenvalue weighted by Gasteiger charge is -2.34. The van der Waals surface area contributed by atoms with Gasteiger partial charge in [-0.05, 0) is 42.3 Å². The van der Waals surface area contributed by atoms with Crippen LogP contribution >= 0.6 is 11.6 Å². The highest BCUT2D eigenvalue weighted by molar-refractivity contribution is 6.31. The number of hydrogen-bond donors (Lipinski definition) is 0. The van der Waals surface area contributed by atoms with Gasteiger partial charge < -0.3 is 9.64 Å². The molecule has 2 aromatic carbocycles.